The van der Waals surface area contributed by atoms with Crippen molar-refractivity contribution in [3.63, 3.8) is 0 Å². The topological polar surface area (TPSA) is 67.8 Å². The van der Waals surface area contributed by atoms with Gasteiger partial charge in [0, 0.05) is 6.08 Å². The van der Waals surface area contributed by atoms with Gasteiger partial charge in [0.1, 0.15) is 6.61 Å². The standard InChI is InChI=1S/C20H17F2NO4/c1-3-12-27-17-9-8-14(13-18(17)26-2)10-11-20(21,22)23-16-7-5-4-6-15(16)19(24)25/h1,4-11,13,23H,12H2,2H3,(H,24,25)/b11-10+. The number of methoxy groups -OCH3 is 1. The number of rotatable bonds is 8. The van der Waals surface area contributed by atoms with Gasteiger partial charge in [-0.05, 0) is 29.8 Å². The van der Waals surface area contributed by atoms with Gasteiger partial charge in [0.25, 0.3) is 0 Å². The number of carboxylic acids is 1. The summed E-state index contributed by atoms with van der Waals surface area (Å²) in [6.45, 7) is 0.0521. The van der Waals surface area contributed by atoms with Gasteiger partial charge in [-0.2, -0.15) is 8.78 Å². The second-order valence-electron chi connectivity index (χ2n) is 5.34. The van der Waals surface area contributed by atoms with E-state index in [1.54, 1.807) is 12.1 Å². The van der Waals surface area contributed by atoms with Crippen LogP contribution in [-0.2, 0) is 0 Å². The second kappa shape index (κ2) is 8.72. The zero-order chi connectivity index (χ0) is 19.9. The summed E-state index contributed by atoms with van der Waals surface area (Å²) in [5.41, 5.74) is 0.00502. The highest BCUT2D eigenvalue weighted by molar-refractivity contribution is 5.94. The fourth-order valence-electron chi connectivity index (χ4n) is 2.23. The fourth-order valence-corrected chi connectivity index (χ4v) is 2.23. The van der Waals surface area contributed by atoms with E-state index in [4.69, 9.17) is 21.0 Å². The summed E-state index contributed by atoms with van der Waals surface area (Å²) in [4.78, 5) is 11.1. The third-order valence-electron chi connectivity index (χ3n) is 3.44. The van der Waals surface area contributed by atoms with Gasteiger partial charge in [0.05, 0.1) is 18.4 Å². The van der Waals surface area contributed by atoms with Crippen molar-refractivity contribution < 1.29 is 28.2 Å². The Kier molecular flexibility index (Phi) is 6.39. The van der Waals surface area contributed by atoms with Crippen molar-refractivity contribution in [1.82, 2.24) is 0 Å². The lowest BCUT2D eigenvalue weighted by Gasteiger charge is -2.17. The van der Waals surface area contributed by atoms with Crippen LogP contribution in [0.2, 0.25) is 0 Å². The van der Waals surface area contributed by atoms with Crippen LogP contribution in [0.3, 0.4) is 0 Å². The zero-order valence-electron chi connectivity index (χ0n) is 14.4. The van der Waals surface area contributed by atoms with Crippen molar-refractivity contribution in [1.29, 1.82) is 0 Å². The summed E-state index contributed by atoms with van der Waals surface area (Å²) in [5.74, 6) is 1.76. The van der Waals surface area contributed by atoms with E-state index in [2.05, 4.69) is 5.92 Å². The Morgan fingerprint density at radius 1 is 1.30 bits per heavy atom. The molecular weight excluding hydrogens is 356 g/mol. The van der Waals surface area contributed by atoms with E-state index in [0.29, 0.717) is 23.1 Å². The molecule has 0 aliphatic rings. The first-order valence-corrected chi connectivity index (χ1v) is 7.78. The van der Waals surface area contributed by atoms with Gasteiger partial charge in [0.15, 0.2) is 11.5 Å². The third-order valence-corrected chi connectivity index (χ3v) is 3.44. The number of anilines is 1. The van der Waals surface area contributed by atoms with Crippen LogP contribution >= 0.6 is 0 Å². The highest BCUT2D eigenvalue weighted by atomic mass is 19.3. The number of halogens is 2. The van der Waals surface area contributed by atoms with Gasteiger partial charge in [-0.15, -0.1) is 6.42 Å². The highest BCUT2D eigenvalue weighted by Gasteiger charge is 2.26. The quantitative estimate of drug-likeness (QED) is 0.538. The smallest absolute Gasteiger partial charge is 0.343 e. The summed E-state index contributed by atoms with van der Waals surface area (Å²) in [7, 11) is 1.42. The molecule has 2 N–H and O–H groups in total. The van der Waals surface area contributed by atoms with E-state index < -0.39 is 12.0 Å². The average molecular weight is 373 g/mol. The maximum atomic E-state index is 14.2. The number of para-hydroxylation sites is 1. The molecule has 7 heteroatoms. The molecule has 0 amide bonds. The van der Waals surface area contributed by atoms with Crippen molar-refractivity contribution >= 4 is 17.7 Å². The number of carbonyl (C=O) groups is 1. The van der Waals surface area contributed by atoms with Gasteiger partial charge in [-0.3, -0.25) is 0 Å². The van der Waals surface area contributed by atoms with E-state index in [1.807, 2.05) is 5.32 Å². The van der Waals surface area contributed by atoms with Gasteiger partial charge in [-0.1, -0.05) is 30.2 Å². The Morgan fingerprint density at radius 2 is 2.04 bits per heavy atom. The van der Waals surface area contributed by atoms with Crippen LogP contribution in [0.5, 0.6) is 11.5 Å². The van der Waals surface area contributed by atoms with E-state index in [0.717, 1.165) is 0 Å². The lowest BCUT2D eigenvalue weighted by Crippen LogP contribution is -2.25. The Labute approximate surface area is 155 Å². The van der Waals surface area contributed by atoms with Crippen LogP contribution in [0.15, 0.2) is 48.5 Å². The second-order valence-corrected chi connectivity index (χ2v) is 5.34. The molecule has 0 saturated heterocycles. The summed E-state index contributed by atoms with van der Waals surface area (Å²) in [5, 5.41) is 11.0. The van der Waals surface area contributed by atoms with Crippen molar-refractivity contribution in [2.75, 3.05) is 19.0 Å². The van der Waals surface area contributed by atoms with Gasteiger partial charge in [-0.25, -0.2) is 4.79 Å². The van der Waals surface area contributed by atoms with E-state index >= 15 is 0 Å². The predicted octanol–water partition coefficient (Wildman–Crippen LogP) is 4.12. The number of terminal acetylenes is 1. The SMILES string of the molecule is C#CCOc1ccc(/C=C/C(F)(F)Nc2ccccc2C(=O)O)cc1OC. The zero-order valence-corrected chi connectivity index (χ0v) is 14.4. The Morgan fingerprint density at radius 3 is 2.70 bits per heavy atom. The summed E-state index contributed by atoms with van der Waals surface area (Å²) in [6.07, 6.45) is 6.94. The Bertz CT molecular complexity index is 888. The largest absolute Gasteiger partial charge is 0.493 e. The van der Waals surface area contributed by atoms with E-state index in [9.17, 15) is 13.6 Å². The van der Waals surface area contributed by atoms with Gasteiger partial charge >= 0.3 is 12.0 Å². The molecule has 0 atom stereocenters. The third kappa shape index (κ3) is 5.47. The highest BCUT2D eigenvalue weighted by Crippen LogP contribution is 2.29. The molecule has 0 bridgehead atoms. The number of hydrogen-bond donors (Lipinski definition) is 2. The van der Waals surface area contributed by atoms with Crippen LogP contribution in [0, 0.1) is 12.3 Å². The molecule has 0 aliphatic carbocycles. The van der Waals surface area contributed by atoms with Crippen LogP contribution in [0.1, 0.15) is 15.9 Å². The van der Waals surface area contributed by atoms with Crippen LogP contribution in [-0.4, -0.2) is 30.8 Å². The monoisotopic (exact) mass is 373 g/mol. The Balaban J connectivity index is 2.19. The molecule has 2 aromatic rings. The number of nitrogens with one attached hydrogen (secondary N) is 1. The fraction of sp³-hybridized carbons (Fsp3) is 0.150. The number of hydrogen-bond acceptors (Lipinski definition) is 4. The maximum Gasteiger partial charge on any atom is 0.343 e. The lowest BCUT2D eigenvalue weighted by molar-refractivity contribution is 0.0695. The van der Waals surface area contributed by atoms with Gasteiger partial charge in [0.2, 0.25) is 0 Å². The molecule has 0 saturated carbocycles. The molecule has 0 radical (unpaired) electrons. The van der Waals surface area contributed by atoms with Crippen LogP contribution < -0.4 is 14.8 Å². The molecule has 140 valence electrons. The first-order valence-electron chi connectivity index (χ1n) is 7.78. The van der Waals surface area contributed by atoms with Crippen molar-refractivity contribution in [3.8, 4) is 23.8 Å². The summed E-state index contributed by atoms with van der Waals surface area (Å²) >= 11 is 0. The number of aromatic carboxylic acids is 1. The predicted molar refractivity (Wildman–Crippen MR) is 98.3 cm³/mol. The first-order chi connectivity index (χ1) is 12.9. The number of benzene rings is 2. The molecular formula is C20H17F2NO4. The molecule has 0 aliphatic heterocycles. The van der Waals surface area contributed by atoms with Crippen LogP contribution in [0.4, 0.5) is 14.5 Å². The van der Waals surface area contributed by atoms with Gasteiger partial charge < -0.3 is 19.9 Å². The molecule has 2 rings (SSSR count). The minimum absolute atomic E-state index is 0.0521. The number of alkyl halides is 2. The molecule has 0 unspecified atom stereocenters. The molecule has 0 aromatic heterocycles. The van der Waals surface area contributed by atoms with Crippen LogP contribution in [0.25, 0.3) is 6.08 Å². The van der Waals surface area contributed by atoms with Crippen molar-refractivity contribution in [2.24, 2.45) is 0 Å². The Hall–Kier alpha value is -3.53. The van der Waals surface area contributed by atoms with Crippen molar-refractivity contribution in [3.05, 3.63) is 59.7 Å². The molecule has 0 heterocycles. The minimum Gasteiger partial charge on any atom is -0.493 e. The number of carboxylic acid groups (broad SMARTS) is 1. The maximum absolute atomic E-state index is 14.2. The summed E-state index contributed by atoms with van der Waals surface area (Å²) < 4.78 is 38.8. The minimum atomic E-state index is -3.47. The first kappa shape index (κ1) is 19.8. The molecule has 2 aromatic carbocycles. The molecule has 0 spiro atoms. The number of ether oxygens (including phenoxy) is 2. The lowest BCUT2D eigenvalue weighted by atomic mass is 10.1. The van der Waals surface area contributed by atoms with E-state index in [1.165, 1.54) is 43.5 Å². The summed E-state index contributed by atoms with van der Waals surface area (Å²) in [6, 6.07) is 6.59. The molecule has 5 nitrogen and oxygen atoms in total. The van der Waals surface area contributed by atoms with E-state index in [-0.39, 0.29) is 17.9 Å². The molecule has 0 fully saturated rings. The average Bonchev–Trinajstić information content (AvgIpc) is 2.65. The normalized spacial score (nSPS) is 11.0. The molecule has 27 heavy (non-hydrogen) atoms. The van der Waals surface area contributed by atoms with Crippen molar-refractivity contribution in [2.45, 2.75) is 6.05 Å².